The average Bonchev–Trinajstić information content (AvgIpc) is 2.52. The molecule has 7 nitrogen and oxygen atoms in total. The number of phosphoric ester groups is 1. The van der Waals surface area contributed by atoms with E-state index in [2.05, 4.69) is 23.7 Å². The summed E-state index contributed by atoms with van der Waals surface area (Å²) in [5.41, 5.74) is 0. The van der Waals surface area contributed by atoms with Crippen molar-refractivity contribution in [2.75, 3.05) is 32.9 Å². The van der Waals surface area contributed by atoms with E-state index >= 15 is 0 Å². The molecule has 0 unspecified atom stereocenters. The topological polar surface area (TPSA) is 119 Å². The van der Waals surface area contributed by atoms with Gasteiger partial charge in [-0.05, 0) is 12.3 Å². The number of hydrogen-bond donors (Lipinski definition) is 5. The third kappa shape index (κ3) is 32.2. The van der Waals surface area contributed by atoms with Gasteiger partial charge in [0.2, 0.25) is 0 Å². The fourth-order valence-corrected chi connectivity index (χ4v) is 2.55. The standard InChI is InChI=1S/C13H29O4P.C4H11NO2/c1-13(2)11-9-7-5-3-4-6-8-10-12-17-18(14,15)16;6-3-1-5-2-4-7/h13H,3-12H2,1-2H3,(H2,14,15,16);5-7H,1-4H2. The zero-order valence-corrected chi connectivity index (χ0v) is 16.9. The number of rotatable bonds is 16. The molecule has 25 heavy (non-hydrogen) atoms. The Morgan fingerprint density at radius 2 is 1.28 bits per heavy atom. The normalized spacial score (nSPS) is 11.5. The SMILES string of the molecule is CC(C)CCCCCCCCCCOP(=O)(O)O.OCCNCCO. The number of aliphatic hydroxyl groups excluding tert-OH is 2. The molecule has 8 heteroatoms. The third-order valence-corrected chi connectivity index (χ3v) is 4.03. The Morgan fingerprint density at radius 3 is 1.68 bits per heavy atom. The van der Waals surface area contributed by atoms with Crippen LogP contribution in [0.4, 0.5) is 0 Å². The van der Waals surface area contributed by atoms with Gasteiger partial charge < -0.3 is 25.3 Å². The minimum absolute atomic E-state index is 0.139. The van der Waals surface area contributed by atoms with E-state index in [1.807, 2.05) is 0 Å². The molecule has 0 radical (unpaired) electrons. The molecule has 0 aliphatic rings. The van der Waals surface area contributed by atoms with Gasteiger partial charge in [-0.3, -0.25) is 4.52 Å². The van der Waals surface area contributed by atoms with Crippen LogP contribution in [0, 0.1) is 5.92 Å². The van der Waals surface area contributed by atoms with Gasteiger partial charge in [0.1, 0.15) is 0 Å². The van der Waals surface area contributed by atoms with Crippen LogP contribution in [-0.4, -0.2) is 52.9 Å². The molecule has 0 atom stereocenters. The zero-order chi connectivity index (χ0) is 19.4. The fraction of sp³-hybridized carbons (Fsp3) is 1.00. The highest BCUT2D eigenvalue weighted by Gasteiger charge is 2.12. The summed E-state index contributed by atoms with van der Waals surface area (Å²) in [7, 11) is -4.25. The van der Waals surface area contributed by atoms with Crippen LogP contribution in [0.2, 0.25) is 0 Å². The maximum absolute atomic E-state index is 10.4. The predicted octanol–water partition coefficient (Wildman–Crippen LogP) is 2.82. The summed E-state index contributed by atoms with van der Waals surface area (Å²) < 4.78 is 14.8. The van der Waals surface area contributed by atoms with Crippen molar-refractivity contribution in [3.05, 3.63) is 0 Å². The van der Waals surface area contributed by atoms with Gasteiger partial charge in [-0.1, -0.05) is 65.2 Å². The maximum atomic E-state index is 10.4. The van der Waals surface area contributed by atoms with Crippen molar-refractivity contribution in [1.82, 2.24) is 5.32 Å². The summed E-state index contributed by atoms with van der Waals surface area (Å²) in [6.07, 6.45) is 10.7. The van der Waals surface area contributed by atoms with E-state index in [9.17, 15) is 4.57 Å². The molecule has 0 heterocycles. The molecule has 0 aromatic carbocycles. The fourth-order valence-electron chi connectivity index (χ4n) is 2.18. The van der Waals surface area contributed by atoms with Crippen LogP contribution < -0.4 is 5.32 Å². The van der Waals surface area contributed by atoms with Gasteiger partial charge in [0.25, 0.3) is 0 Å². The Bertz CT molecular complexity index is 295. The summed E-state index contributed by atoms with van der Waals surface area (Å²) in [6.45, 7) is 6.11. The van der Waals surface area contributed by atoms with E-state index in [4.69, 9.17) is 20.0 Å². The van der Waals surface area contributed by atoms with Gasteiger partial charge in [0.05, 0.1) is 19.8 Å². The van der Waals surface area contributed by atoms with E-state index in [1.165, 1.54) is 38.5 Å². The third-order valence-electron chi connectivity index (χ3n) is 3.51. The second-order valence-electron chi connectivity index (χ2n) is 6.53. The number of aliphatic hydroxyl groups is 2. The van der Waals surface area contributed by atoms with Gasteiger partial charge in [0, 0.05) is 13.1 Å². The van der Waals surface area contributed by atoms with Crippen molar-refractivity contribution < 1.29 is 29.1 Å². The van der Waals surface area contributed by atoms with Crippen LogP contribution in [0.1, 0.15) is 71.6 Å². The minimum Gasteiger partial charge on any atom is -0.395 e. The average molecular weight is 385 g/mol. The van der Waals surface area contributed by atoms with Crippen LogP contribution in [0.3, 0.4) is 0 Å². The number of unbranched alkanes of at least 4 members (excludes halogenated alkanes) is 7. The maximum Gasteiger partial charge on any atom is 0.469 e. The molecule has 0 saturated carbocycles. The number of phosphoric acid groups is 1. The summed E-state index contributed by atoms with van der Waals surface area (Å²) in [5.74, 6) is 0.819. The van der Waals surface area contributed by atoms with Gasteiger partial charge >= 0.3 is 7.82 Å². The molecule has 0 amide bonds. The first kappa shape index (κ1) is 27.2. The Kier molecular flexibility index (Phi) is 22.1. The van der Waals surface area contributed by atoms with Crippen LogP contribution in [0.25, 0.3) is 0 Å². The van der Waals surface area contributed by atoms with Crippen LogP contribution in [-0.2, 0) is 9.09 Å². The van der Waals surface area contributed by atoms with E-state index in [1.54, 1.807) is 0 Å². The molecule has 0 saturated heterocycles. The van der Waals surface area contributed by atoms with E-state index in [-0.39, 0.29) is 19.8 Å². The van der Waals surface area contributed by atoms with Gasteiger partial charge in [0.15, 0.2) is 0 Å². The van der Waals surface area contributed by atoms with E-state index in [0.29, 0.717) is 13.1 Å². The van der Waals surface area contributed by atoms with Crippen molar-refractivity contribution in [3.8, 4) is 0 Å². The predicted molar refractivity (Wildman–Crippen MR) is 101 cm³/mol. The Labute approximate surface area is 153 Å². The van der Waals surface area contributed by atoms with E-state index < -0.39 is 7.82 Å². The monoisotopic (exact) mass is 385 g/mol. The number of hydrogen-bond acceptors (Lipinski definition) is 5. The second-order valence-corrected chi connectivity index (χ2v) is 7.77. The Balaban J connectivity index is 0. The lowest BCUT2D eigenvalue weighted by atomic mass is 10.0. The van der Waals surface area contributed by atoms with E-state index in [0.717, 1.165) is 25.2 Å². The molecule has 0 bridgehead atoms. The molecular weight excluding hydrogens is 345 g/mol. The largest absolute Gasteiger partial charge is 0.469 e. The van der Waals surface area contributed by atoms with Crippen molar-refractivity contribution in [3.63, 3.8) is 0 Å². The molecule has 0 aromatic rings. The van der Waals surface area contributed by atoms with Crippen LogP contribution in [0.5, 0.6) is 0 Å². The Morgan fingerprint density at radius 1 is 0.840 bits per heavy atom. The lowest BCUT2D eigenvalue weighted by Gasteiger charge is -2.05. The smallest absolute Gasteiger partial charge is 0.395 e. The van der Waals surface area contributed by atoms with Crippen LogP contribution in [0.15, 0.2) is 0 Å². The lowest BCUT2D eigenvalue weighted by molar-refractivity contribution is 0.193. The highest BCUT2D eigenvalue weighted by Crippen LogP contribution is 2.35. The highest BCUT2D eigenvalue weighted by molar-refractivity contribution is 7.46. The zero-order valence-electron chi connectivity index (χ0n) is 16.0. The minimum atomic E-state index is -4.25. The van der Waals surface area contributed by atoms with Crippen molar-refractivity contribution in [1.29, 1.82) is 0 Å². The lowest BCUT2D eigenvalue weighted by Crippen LogP contribution is -2.21. The first-order chi connectivity index (χ1) is 11.8. The molecule has 0 rings (SSSR count). The summed E-state index contributed by atoms with van der Waals surface area (Å²) in [6, 6.07) is 0. The summed E-state index contributed by atoms with van der Waals surface area (Å²) in [5, 5.41) is 19.1. The highest BCUT2D eigenvalue weighted by atomic mass is 31.2. The number of nitrogens with one attached hydrogen (secondary N) is 1. The second kappa shape index (κ2) is 20.3. The van der Waals surface area contributed by atoms with Gasteiger partial charge in [-0.25, -0.2) is 4.57 Å². The summed E-state index contributed by atoms with van der Waals surface area (Å²) >= 11 is 0. The molecule has 0 aliphatic heterocycles. The summed E-state index contributed by atoms with van der Waals surface area (Å²) in [4.78, 5) is 16.9. The molecular formula is C17H40NO6P. The molecule has 154 valence electrons. The van der Waals surface area contributed by atoms with Gasteiger partial charge in [-0.2, -0.15) is 0 Å². The van der Waals surface area contributed by atoms with Crippen molar-refractivity contribution >= 4 is 7.82 Å². The van der Waals surface area contributed by atoms with Crippen molar-refractivity contribution in [2.45, 2.75) is 71.6 Å². The van der Waals surface area contributed by atoms with Gasteiger partial charge in [-0.15, -0.1) is 0 Å². The molecule has 0 spiro atoms. The quantitative estimate of drug-likeness (QED) is 0.205. The Hall–Kier alpha value is -0.0100. The van der Waals surface area contributed by atoms with Crippen LogP contribution >= 0.6 is 7.82 Å². The molecule has 0 fully saturated rings. The van der Waals surface area contributed by atoms with Crippen molar-refractivity contribution in [2.24, 2.45) is 5.92 Å². The first-order valence-electron chi connectivity index (χ1n) is 9.46. The molecule has 5 N–H and O–H groups in total. The molecule has 0 aromatic heterocycles. The first-order valence-corrected chi connectivity index (χ1v) is 11.0. The molecule has 0 aliphatic carbocycles.